The number of halogens is 3. The Morgan fingerprint density at radius 2 is 1.94 bits per heavy atom. The van der Waals surface area contributed by atoms with Crippen LogP contribution < -0.4 is 4.74 Å². The summed E-state index contributed by atoms with van der Waals surface area (Å²) in [7, 11) is 0. The standard InChI is InChI=1S/C10H6F3NO3/c11-10(12,13)9(14(15)16)6-5-7-3-1-2-4-8(7)17-9/h1-6H. The lowest BCUT2D eigenvalue weighted by molar-refractivity contribution is -0.642. The lowest BCUT2D eigenvalue weighted by Crippen LogP contribution is -2.55. The zero-order valence-electron chi connectivity index (χ0n) is 8.27. The van der Waals surface area contributed by atoms with Gasteiger partial charge in [-0.15, -0.1) is 0 Å². The van der Waals surface area contributed by atoms with Crippen molar-refractivity contribution in [1.82, 2.24) is 0 Å². The van der Waals surface area contributed by atoms with Crippen molar-refractivity contribution in [3.05, 3.63) is 46.0 Å². The first-order chi connectivity index (χ1) is 7.87. The van der Waals surface area contributed by atoms with Gasteiger partial charge in [0.25, 0.3) is 0 Å². The number of fused-ring (bicyclic) bond motifs is 1. The van der Waals surface area contributed by atoms with Gasteiger partial charge in [0.05, 0.1) is 4.92 Å². The molecule has 0 fully saturated rings. The van der Waals surface area contributed by atoms with E-state index in [1.165, 1.54) is 18.2 Å². The predicted molar refractivity (Wildman–Crippen MR) is 51.9 cm³/mol. The van der Waals surface area contributed by atoms with Crippen LogP contribution in [0.25, 0.3) is 6.08 Å². The zero-order chi connectivity index (χ0) is 12.7. The first kappa shape index (κ1) is 11.4. The van der Waals surface area contributed by atoms with Crippen molar-refractivity contribution in [2.45, 2.75) is 11.9 Å². The number of ether oxygens (including phenoxy) is 1. The number of hydrogen-bond donors (Lipinski definition) is 0. The molecule has 1 heterocycles. The fraction of sp³-hybridized carbons (Fsp3) is 0.200. The molecule has 0 amide bonds. The van der Waals surface area contributed by atoms with Gasteiger partial charge >= 0.3 is 11.9 Å². The van der Waals surface area contributed by atoms with Gasteiger partial charge in [-0.3, -0.25) is 10.1 Å². The minimum Gasteiger partial charge on any atom is -0.417 e. The highest BCUT2D eigenvalue weighted by Crippen LogP contribution is 2.41. The second-order valence-corrected chi connectivity index (χ2v) is 3.42. The second-order valence-electron chi connectivity index (χ2n) is 3.42. The summed E-state index contributed by atoms with van der Waals surface area (Å²) < 4.78 is 42.7. The molecular weight excluding hydrogens is 239 g/mol. The van der Waals surface area contributed by atoms with Crippen LogP contribution in [0.1, 0.15) is 5.56 Å². The fourth-order valence-electron chi connectivity index (χ4n) is 1.47. The smallest absolute Gasteiger partial charge is 0.417 e. The Morgan fingerprint density at radius 1 is 1.29 bits per heavy atom. The molecule has 1 aliphatic rings. The number of alkyl halides is 3. The molecule has 1 aliphatic heterocycles. The van der Waals surface area contributed by atoms with Gasteiger partial charge in [-0.1, -0.05) is 18.2 Å². The molecule has 1 atom stereocenters. The Morgan fingerprint density at radius 3 is 2.53 bits per heavy atom. The average molecular weight is 245 g/mol. The third-order valence-corrected chi connectivity index (χ3v) is 2.35. The summed E-state index contributed by atoms with van der Waals surface area (Å²) >= 11 is 0. The van der Waals surface area contributed by atoms with Crippen LogP contribution in [0.2, 0.25) is 0 Å². The van der Waals surface area contributed by atoms with E-state index < -0.39 is 16.8 Å². The molecule has 90 valence electrons. The fourth-order valence-corrected chi connectivity index (χ4v) is 1.47. The van der Waals surface area contributed by atoms with E-state index in [1.54, 1.807) is 6.07 Å². The predicted octanol–water partition coefficient (Wildman–Crippen LogP) is 2.63. The van der Waals surface area contributed by atoms with Crippen molar-refractivity contribution >= 4 is 6.08 Å². The first-order valence-corrected chi connectivity index (χ1v) is 4.55. The van der Waals surface area contributed by atoms with Gasteiger partial charge in [-0.25, -0.2) is 0 Å². The first-order valence-electron chi connectivity index (χ1n) is 4.55. The van der Waals surface area contributed by atoms with Gasteiger partial charge in [0.15, 0.2) is 0 Å². The highest BCUT2D eigenvalue weighted by atomic mass is 19.4. The molecule has 0 bridgehead atoms. The highest BCUT2D eigenvalue weighted by Gasteiger charge is 2.68. The molecule has 1 unspecified atom stereocenters. The van der Waals surface area contributed by atoms with E-state index in [0.717, 1.165) is 6.08 Å². The zero-order valence-corrected chi connectivity index (χ0v) is 8.27. The maximum absolute atomic E-state index is 12.7. The Balaban J connectivity index is 2.53. The molecule has 0 radical (unpaired) electrons. The molecule has 0 saturated heterocycles. The lowest BCUT2D eigenvalue weighted by Gasteiger charge is -2.28. The Hall–Kier alpha value is -2.05. The maximum atomic E-state index is 12.7. The number of para-hydroxylation sites is 1. The van der Waals surface area contributed by atoms with Crippen LogP contribution in [0.15, 0.2) is 30.3 Å². The van der Waals surface area contributed by atoms with Gasteiger partial charge < -0.3 is 4.74 Å². The normalized spacial score (nSPS) is 22.8. The molecule has 1 aromatic rings. The van der Waals surface area contributed by atoms with Crippen LogP contribution in [-0.2, 0) is 0 Å². The largest absolute Gasteiger partial charge is 0.507 e. The van der Waals surface area contributed by atoms with Crippen LogP contribution in [0.5, 0.6) is 5.75 Å². The summed E-state index contributed by atoms with van der Waals surface area (Å²) in [5, 5.41) is 10.6. The molecule has 7 heteroatoms. The molecular formula is C10H6F3NO3. The maximum Gasteiger partial charge on any atom is 0.507 e. The van der Waals surface area contributed by atoms with Crippen molar-refractivity contribution < 1.29 is 22.8 Å². The summed E-state index contributed by atoms with van der Waals surface area (Å²) in [5.74, 6) is -0.163. The monoisotopic (exact) mass is 245 g/mol. The number of rotatable bonds is 1. The number of benzene rings is 1. The minimum absolute atomic E-state index is 0.163. The second kappa shape index (κ2) is 3.47. The van der Waals surface area contributed by atoms with Crippen LogP contribution in [0.3, 0.4) is 0 Å². The van der Waals surface area contributed by atoms with Gasteiger partial charge in [-0.05, 0) is 12.1 Å². The van der Waals surface area contributed by atoms with E-state index in [1.807, 2.05) is 0 Å². The molecule has 0 aromatic heterocycles. The summed E-state index contributed by atoms with van der Waals surface area (Å²) in [6, 6.07) is 5.80. The van der Waals surface area contributed by atoms with Crippen molar-refractivity contribution in [2.75, 3.05) is 0 Å². The Bertz CT molecular complexity index is 498. The Kier molecular flexibility index (Phi) is 2.34. The van der Waals surface area contributed by atoms with Crippen molar-refractivity contribution in [3.63, 3.8) is 0 Å². The van der Waals surface area contributed by atoms with Crippen LogP contribution in [0.4, 0.5) is 13.2 Å². The van der Waals surface area contributed by atoms with Crippen LogP contribution >= 0.6 is 0 Å². The minimum atomic E-state index is -5.12. The SMILES string of the molecule is O=[N+]([O-])C1(C(F)(F)F)C=Cc2ccccc2O1. The molecule has 0 N–H and O–H groups in total. The van der Waals surface area contributed by atoms with E-state index in [9.17, 15) is 23.3 Å². The molecule has 1 aromatic carbocycles. The molecule has 0 saturated carbocycles. The van der Waals surface area contributed by atoms with E-state index in [2.05, 4.69) is 4.74 Å². The molecule has 0 spiro atoms. The summed E-state index contributed by atoms with van der Waals surface area (Å²) in [6.45, 7) is 0. The van der Waals surface area contributed by atoms with Gasteiger partial charge in [0.2, 0.25) is 0 Å². The topological polar surface area (TPSA) is 52.4 Å². The summed E-state index contributed by atoms with van der Waals surface area (Å²) in [6.07, 6.45) is -3.68. The van der Waals surface area contributed by atoms with Crippen molar-refractivity contribution in [3.8, 4) is 5.75 Å². The third-order valence-electron chi connectivity index (χ3n) is 2.35. The lowest BCUT2D eigenvalue weighted by atomic mass is 10.1. The number of nitrogens with zero attached hydrogens (tertiary/aromatic N) is 1. The van der Waals surface area contributed by atoms with Crippen molar-refractivity contribution in [2.24, 2.45) is 0 Å². The van der Waals surface area contributed by atoms with Crippen molar-refractivity contribution in [1.29, 1.82) is 0 Å². The quantitative estimate of drug-likeness (QED) is 0.564. The third kappa shape index (κ3) is 1.63. The molecule has 17 heavy (non-hydrogen) atoms. The van der Waals surface area contributed by atoms with E-state index in [-0.39, 0.29) is 5.75 Å². The Labute approximate surface area is 93.5 Å². The average Bonchev–Trinajstić information content (AvgIpc) is 2.26. The molecule has 2 rings (SSSR count). The van der Waals surface area contributed by atoms with Gasteiger partial charge in [-0.2, -0.15) is 13.2 Å². The highest BCUT2D eigenvalue weighted by molar-refractivity contribution is 5.60. The van der Waals surface area contributed by atoms with E-state index in [0.29, 0.717) is 11.6 Å². The number of hydrogen-bond acceptors (Lipinski definition) is 3. The van der Waals surface area contributed by atoms with Gasteiger partial charge in [0.1, 0.15) is 5.75 Å². The van der Waals surface area contributed by atoms with Crippen LogP contribution in [0, 0.1) is 10.1 Å². The molecule has 4 nitrogen and oxygen atoms in total. The molecule has 0 aliphatic carbocycles. The van der Waals surface area contributed by atoms with Crippen LogP contribution in [-0.4, -0.2) is 16.8 Å². The summed E-state index contributed by atoms with van der Waals surface area (Å²) in [4.78, 5) is 9.16. The van der Waals surface area contributed by atoms with E-state index >= 15 is 0 Å². The van der Waals surface area contributed by atoms with E-state index in [4.69, 9.17) is 0 Å². The number of nitro groups is 1. The van der Waals surface area contributed by atoms with Gasteiger partial charge in [0, 0.05) is 11.6 Å². The summed E-state index contributed by atoms with van der Waals surface area (Å²) in [5.41, 5.74) is -3.13.